The monoisotopic (exact) mass is 286 g/mol. The zero-order valence-electron chi connectivity index (χ0n) is 10.6. The highest BCUT2D eigenvalue weighted by Gasteiger charge is 2.26. The van der Waals surface area contributed by atoms with Crippen molar-refractivity contribution in [3.63, 3.8) is 0 Å². The Kier molecular flexibility index (Phi) is 4.82. The summed E-state index contributed by atoms with van der Waals surface area (Å²) in [6.07, 6.45) is 5.44. The average Bonchev–Trinajstić information content (AvgIpc) is 2.98. The summed E-state index contributed by atoms with van der Waals surface area (Å²) in [4.78, 5) is 12.0. The Labute approximate surface area is 115 Å². The summed E-state index contributed by atoms with van der Waals surface area (Å²) in [6, 6.07) is 0.293. The summed E-state index contributed by atoms with van der Waals surface area (Å²) in [5.41, 5.74) is 0. The summed E-state index contributed by atoms with van der Waals surface area (Å²) in [7, 11) is 0. The lowest BCUT2D eigenvalue weighted by atomic mass is 10.2. The summed E-state index contributed by atoms with van der Waals surface area (Å²) >= 11 is 3.19. The maximum atomic E-state index is 12.0. The van der Waals surface area contributed by atoms with Crippen molar-refractivity contribution in [2.75, 3.05) is 18.1 Å². The Hall–Kier alpha value is -0.820. The van der Waals surface area contributed by atoms with Crippen molar-refractivity contribution in [3.8, 4) is 0 Å². The molecule has 1 aromatic heterocycles. The lowest BCUT2D eigenvalue weighted by Gasteiger charge is -2.10. The number of nitrogens with one attached hydrogen (secondary N) is 2. The van der Waals surface area contributed by atoms with Crippen molar-refractivity contribution in [3.05, 3.63) is 5.01 Å². The van der Waals surface area contributed by atoms with Crippen LogP contribution in [0, 0.1) is 0 Å². The Morgan fingerprint density at radius 3 is 3.00 bits per heavy atom. The van der Waals surface area contributed by atoms with Crippen LogP contribution in [0.5, 0.6) is 0 Å². The highest BCUT2D eigenvalue weighted by Crippen LogP contribution is 2.28. The molecule has 7 heteroatoms. The summed E-state index contributed by atoms with van der Waals surface area (Å²) in [6.45, 7) is 2.77. The van der Waals surface area contributed by atoms with Crippen LogP contribution >= 0.6 is 23.1 Å². The van der Waals surface area contributed by atoms with Crippen LogP contribution in [0.1, 0.15) is 36.0 Å². The molecule has 2 unspecified atom stereocenters. The summed E-state index contributed by atoms with van der Waals surface area (Å²) in [5, 5.41) is 15.8. The molecule has 1 amide bonds. The minimum Gasteiger partial charge on any atom is -0.360 e. The van der Waals surface area contributed by atoms with Crippen LogP contribution in [0.4, 0.5) is 5.13 Å². The third-order valence-electron chi connectivity index (χ3n) is 3.00. The SMILES string of the molecule is CCNc1nnc(C(=O)NC2CCC(SC)C2)s1. The molecular formula is C11H18N4OS2. The molecule has 2 N–H and O–H groups in total. The molecule has 0 bridgehead atoms. The van der Waals surface area contributed by atoms with Crippen LogP contribution in [0.25, 0.3) is 0 Å². The first-order chi connectivity index (χ1) is 8.72. The van der Waals surface area contributed by atoms with Crippen LogP contribution in [0.2, 0.25) is 0 Å². The standard InChI is InChI=1S/C11H18N4OS2/c1-3-12-11-15-14-10(18-11)9(16)13-7-4-5-8(6-7)17-2/h7-8H,3-6H2,1-2H3,(H,12,15)(H,13,16). The number of carbonyl (C=O) groups excluding carboxylic acids is 1. The number of hydrogen-bond acceptors (Lipinski definition) is 6. The van der Waals surface area contributed by atoms with E-state index in [4.69, 9.17) is 0 Å². The third-order valence-corrected chi connectivity index (χ3v) is 4.97. The predicted molar refractivity (Wildman–Crippen MR) is 76.5 cm³/mol. The Balaban J connectivity index is 1.87. The van der Waals surface area contributed by atoms with E-state index in [0.717, 1.165) is 19.4 Å². The fourth-order valence-corrected chi connectivity index (χ4v) is 3.58. The second-order valence-electron chi connectivity index (χ2n) is 4.28. The van der Waals surface area contributed by atoms with Crippen LogP contribution in [-0.2, 0) is 0 Å². The second kappa shape index (κ2) is 6.38. The van der Waals surface area contributed by atoms with E-state index >= 15 is 0 Å². The van der Waals surface area contributed by atoms with Crippen molar-refractivity contribution in [2.24, 2.45) is 0 Å². The number of aromatic nitrogens is 2. The van der Waals surface area contributed by atoms with Crippen molar-refractivity contribution >= 4 is 34.1 Å². The van der Waals surface area contributed by atoms with E-state index in [9.17, 15) is 4.79 Å². The highest BCUT2D eigenvalue weighted by molar-refractivity contribution is 7.99. The van der Waals surface area contributed by atoms with E-state index in [1.54, 1.807) is 0 Å². The molecule has 1 saturated carbocycles. The molecule has 0 radical (unpaired) electrons. The smallest absolute Gasteiger partial charge is 0.282 e. The van der Waals surface area contributed by atoms with Gasteiger partial charge in [-0.3, -0.25) is 4.79 Å². The van der Waals surface area contributed by atoms with Gasteiger partial charge >= 0.3 is 0 Å². The quantitative estimate of drug-likeness (QED) is 0.866. The van der Waals surface area contributed by atoms with E-state index in [1.807, 2.05) is 18.7 Å². The van der Waals surface area contributed by atoms with Crippen molar-refractivity contribution in [1.29, 1.82) is 0 Å². The molecule has 0 spiro atoms. The fraction of sp³-hybridized carbons (Fsp3) is 0.727. The minimum absolute atomic E-state index is 0.0941. The normalized spacial score (nSPS) is 23.0. The highest BCUT2D eigenvalue weighted by atomic mass is 32.2. The van der Waals surface area contributed by atoms with Crippen molar-refractivity contribution < 1.29 is 4.79 Å². The van der Waals surface area contributed by atoms with Gasteiger partial charge in [-0.05, 0) is 32.4 Å². The Bertz CT molecular complexity index is 410. The van der Waals surface area contributed by atoms with Gasteiger partial charge in [0.25, 0.3) is 5.91 Å². The molecule has 0 aromatic carbocycles. The lowest BCUT2D eigenvalue weighted by Crippen LogP contribution is -2.33. The fourth-order valence-electron chi connectivity index (χ4n) is 2.07. The average molecular weight is 286 g/mol. The van der Waals surface area contributed by atoms with Gasteiger partial charge in [0.05, 0.1) is 0 Å². The number of amides is 1. The lowest BCUT2D eigenvalue weighted by molar-refractivity contribution is 0.0937. The Morgan fingerprint density at radius 1 is 1.50 bits per heavy atom. The zero-order valence-corrected chi connectivity index (χ0v) is 12.2. The molecule has 2 atom stereocenters. The van der Waals surface area contributed by atoms with Crippen molar-refractivity contribution in [2.45, 2.75) is 37.5 Å². The molecule has 0 aliphatic heterocycles. The molecule has 1 aliphatic rings. The molecule has 1 heterocycles. The van der Waals surface area contributed by atoms with E-state index < -0.39 is 0 Å². The molecule has 1 aliphatic carbocycles. The first kappa shape index (κ1) is 13.6. The van der Waals surface area contributed by atoms with Gasteiger partial charge in [0.2, 0.25) is 10.1 Å². The molecule has 18 heavy (non-hydrogen) atoms. The van der Waals surface area contributed by atoms with Gasteiger partial charge in [0, 0.05) is 17.8 Å². The molecule has 100 valence electrons. The van der Waals surface area contributed by atoms with Gasteiger partial charge in [-0.15, -0.1) is 10.2 Å². The van der Waals surface area contributed by atoms with Crippen LogP contribution in [-0.4, -0.2) is 40.2 Å². The molecule has 1 fully saturated rings. The second-order valence-corrected chi connectivity index (χ2v) is 6.40. The van der Waals surface area contributed by atoms with Crippen LogP contribution in [0.15, 0.2) is 0 Å². The van der Waals surface area contributed by atoms with E-state index in [0.29, 0.717) is 21.4 Å². The number of hydrogen-bond donors (Lipinski definition) is 2. The third kappa shape index (κ3) is 3.35. The van der Waals surface area contributed by atoms with Crippen LogP contribution < -0.4 is 10.6 Å². The molecule has 0 saturated heterocycles. The predicted octanol–water partition coefficient (Wildman–Crippen LogP) is 1.98. The Morgan fingerprint density at radius 2 is 2.33 bits per heavy atom. The zero-order chi connectivity index (χ0) is 13.0. The first-order valence-electron chi connectivity index (χ1n) is 6.14. The molecule has 5 nitrogen and oxygen atoms in total. The van der Waals surface area contributed by atoms with Gasteiger partial charge in [0.15, 0.2) is 0 Å². The van der Waals surface area contributed by atoms with E-state index in [1.165, 1.54) is 17.8 Å². The topological polar surface area (TPSA) is 66.9 Å². The number of carbonyl (C=O) groups is 1. The van der Waals surface area contributed by atoms with Gasteiger partial charge in [-0.25, -0.2) is 0 Å². The van der Waals surface area contributed by atoms with Gasteiger partial charge < -0.3 is 10.6 Å². The van der Waals surface area contributed by atoms with E-state index in [2.05, 4.69) is 27.1 Å². The minimum atomic E-state index is -0.0941. The van der Waals surface area contributed by atoms with Gasteiger partial charge in [-0.1, -0.05) is 11.3 Å². The maximum Gasteiger partial charge on any atom is 0.282 e. The molecule has 1 aromatic rings. The summed E-state index contributed by atoms with van der Waals surface area (Å²) < 4.78 is 0. The molecular weight excluding hydrogens is 268 g/mol. The number of nitrogens with zero attached hydrogens (tertiary/aromatic N) is 2. The number of rotatable bonds is 5. The van der Waals surface area contributed by atoms with Crippen molar-refractivity contribution in [1.82, 2.24) is 15.5 Å². The molecule has 2 rings (SSSR count). The van der Waals surface area contributed by atoms with E-state index in [-0.39, 0.29) is 5.91 Å². The largest absolute Gasteiger partial charge is 0.360 e. The number of anilines is 1. The number of thioether (sulfide) groups is 1. The summed E-state index contributed by atoms with van der Waals surface area (Å²) in [5.74, 6) is -0.0941. The maximum absolute atomic E-state index is 12.0. The van der Waals surface area contributed by atoms with Gasteiger partial charge in [0.1, 0.15) is 0 Å². The van der Waals surface area contributed by atoms with Crippen LogP contribution in [0.3, 0.4) is 0 Å². The van der Waals surface area contributed by atoms with Gasteiger partial charge in [-0.2, -0.15) is 11.8 Å². The first-order valence-corrected chi connectivity index (χ1v) is 8.24.